The van der Waals surface area contributed by atoms with Gasteiger partial charge in [0.25, 0.3) is 5.91 Å². The predicted molar refractivity (Wildman–Crippen MR) is 152 cm³/mol. The van der Waals surface area contributed by atoms with E-state index in [1.165, 1.54) is 0 Å². The van der Waals surface area contributed by atoms with E-state index in [1.807, 2.05) is 84.9 Å². The maximum Gasteiger partial charge on any atom is 0.251 e. The van der Waals surface area contributed by atoms with Crippen molar-refractivity contribution in [1.29, 1.82) is 0 Å². The van der Waals surface area contributed by atoms with Crippen molar-refractivity contribution in [3.05, 3.63) is 131 Å². The summed E-state index contributed by atoms with van der Waals surface area (Å²) in [7, 11) is 0. The molecule has 7 heteroatoms. The summed E-state index contributed by atoms with van der Waals surface area (Å²) in [5.74, 6) is 0.744. The SMILES string of the molecule is C[C@H]1[C@@H](CSc2ccccn2)O[C@@H](c2ccc(CNC(=O)c3ccccc3)cc2)O[C@H]1c1ccc(CO)cc1. The molecule has 2 heterocycles. The van der Waals surface area contributed by atoms with Crippen LogP contribution in [-0.4, -0.2) is 27.9 Å². The van der Waals surface area contributed by atoms with E-state index < -0.39 is 6.29 Å². The van der Waals surface area contributed by atoms with Gasteiger partial charge in [0, 0.05) is 35.5 Å². The van der Waals surface area contributed by atoms with Crippen molar-refractivity contribution in [3.8, 4) is 0 Å². The molecule has 0 unspecified atom stereocenters. The fraction of sp³-hybridized carbons (Fsp3) is 0.250. The number of nitrogens with zero attached hydrogens (tertiary/aromatic N) is 1. The van der Waals surface area contributed by atoms with Gasteiger partial charge < -0.3 is 19.9 Å². The van der Waals surface area contributed by atoms with Crippen LogP contribution in [0.1, 0.15) is 51.9 Å². The van der Waals surface area contributed by atoms with Gasteiger partial charge in [-0.05, 0) is 41.0 Å². The van der Waals surface area contributed by atoms with Gasteiger partial charge >= 0.3 is 0 Å². The number of benzene rings is 3. The Morgan fingerprint density at radius 3 is 2.26 bits per heavy atom. The number of thioether (sulfide) groups is 1. The summed E-state index contributed by atoms with van der Waals surface area (Å²) in [5, 5.41) is 13.4. The van der Waals surface area contributed by atoms with Crippen LogP contribution in [0.5, 0.6) is 0 Å². The first-order valence-electron chi connectivity index (χ1n) is 13.1. The Morgan fingerprint density at radius 2 is 1.56 bits per heavy atom. The summed E-state index contributed by atoms with van der Waals surface area (Å²) >= 11 is 1.68. The first-order valence-corrected chi connectivity index (χ1v) is 14.1. The van der Waals surface area contributed by atoms with Crippen LogP contribution in [0.15, 0.2) is 108 Å². The summed E-state index contributed by atoms with van der Waals surface area (Å²) in [4.78, 5) is 16.8. The molecule has 0 radical (unpaired) electrons. The number of nitrogens with one attached hydrogen (secondary N) is 1. The molecule has 0 bridgehead atoms. The number of aliphatic hydroxyl groups is 1. The number of rotatable bonds is 9. The lowest BCUT2D eigenvalue weighted by atomic mass is 9.91. The molecule has 200 valence electrons. The number of pyridine rings is 1. The molecule has 4 aromatic rings. The minimum atomic E-state index is -0.536. The van der Waals surface area contributed by atoms with E-state index in [2.05, 4.69) is 17.2 Å². The largest absolute Gasteiger partial charge is 0.392 e. The van der Waals surface area contributed by atoms with Gasteiger partial charge in [-0.3, -0.25) is 4.79 Å². The van der Waals surface area contributed by atoms with Gasteiger partial charge in [-0.2, -0.15) is 0 Å². The second kappa shape index (κ2) is 13.0. The summed E-state index contributed by atoms with van der Waals surface area (Å²) in [6, 6.07) is 31.0. The Bertz CT molecular complexity index is 1330. The van der Waals surface area contributed by atoms with Crippen LogP contribution in [0.2, 0.25) is 0 Å². The number of amides is 1. The van der Waals surface area contributed by atoms with Gasteiger partial charge in [0.15, 0.2) is 6.29 Å². The lowest BCUT2D eigenvalue weighted by Crippen LogP contribution is -2.38. The van der Waals surface area contributed by atoms with Gasteiger partial charge in [0.1, 0.15) is 0 Å². The lowest BCUT2D eigenvalue weighted by Gasteiger charge is -2.41. The van der Waals surface area contributed by atoms with Crippen molar-refractivity contribution >= 4 is 17.7 Å². The number of hydrogen-bond donors (Lipinski definition) is 2. The average Bonchev–Trinajstić information content (AvgIpc) is 3.00. The number of carbonyl (C=O) groups is 1. The molecule has 0 spiro atoms. The molecule has 1 aliphatic rings. The highest BCUT2D eigenvalue weighted by molar-refractivity contribution is 7.99. The number of aliphatic hydroxyl groups excluding tert-OH is 1. The zero-order valence-electron chi connectivity index (χ0n) is 21.8. The van der Waals surface area contributed by atoms with Crippen LogP contribution < -0.4 is 5.32 Å². The highest BCUT2D eigenvalue weighted by Gasteiger charge is 2.38. The van der Waals surface area contributed by atoms with Gasteiger partial charge in [0.05, 0.1) is 23.8 Å². The fourth-order valence-electron chi connectivity index (χ4n) is 4.58. The van der Waals surface area contributed by atoms with Crippen LogP contribution in [0.25, 0.3) is 0 Å². The van der Waals surface area contributed by atoms with Gasteiger partial charge in [-0.15, -0.1) is 11.8 Å². The highest BCUT2D eigenvalue weighted by atomic mass is 32.2. The molecule has 3 aromatic carbocycles. The number of carbonyl (C=O) groups excluding carboxylic acids is 1. The van der Waals surface area contributed by atoms with Crippen molar-refractivity contribution in [2.75, 3.05) is 5.75 Å². The summed E-state index contributed by atoms with van der Waals surface area (Å²) < 4.78 is 13.1. The normalized spacial score (nSPS) is 20.9. The summed E-state index contributed by atoms with van der Waals surface area (Å²) in [6.45, 7) is 2.60. The standard InChI is InChI=1S/C32H32N2O4S/c1-22-28(21-39-29-9-5-6-18-33-29)37-32(38-30(22)25-14-12-24(20-35)13-15-25)27-16-10-23(11-17-27)19-34-31(36)26-7-3-2-4-8-26/h2-18,22,28,30,32,35H,19-21H2,1H3,(H,34,36)/t22-,28+,30+,32+/m0/s1. The molecule has 1 fully saturated rings. The van der Waals surface area contributed by atoms with Crippen molar-refractivity contribution in [2.24, 2.45) is 5.92 Å². The first-order chi connectivity index (χ1) is 19.1. The van der Waals surface area contributed by atoms with Crippen LogP contribution >= 0.6 is 11.8 Å². The Kier molecular flexibility index (Phi) is 9.06. The van der Waals surface area contributed by atoms with Crippen LogP contribution in [0.4, 0.5) is 0 Å². The summed E-state index contributed by atoms with van der Waals surface area (Å²) in [5.41, 5.74) is 4.48. The molecule has 1 amide bonds. The van der Waals surface area contributed by atoms with Gasteiger partial charge in [-0.1, -0.05) is 79.7 Å². The Balaban J connectivity index is 1.30. The van der Waals surface area contributed by atoms with Gasteiger partial charge in [0.2, 0.25) is 0 Å². The zero-order valence-corrected chi connectivity index (χ0v) is 22.6. The second-order valence-electron chi connectivity index (χ2n) is 9.59. The van der Waals surface area contributed by atoms with E-state index in [0.29, 0.717) is 12.1 Å². The number of aromatic nitrogens is 1. The molecule has 1 aromatic heterocycles. The maximum absolute atomic E-state index is 12.4. The van der Waals surface area contributed by atoms with E-state index in [9.17, 15) is 9.90 Å². The molecule has 2 N–H and O–H groups in total. The topological polar surface area (TPSA) is 80.7 Å². The van der Waals surface area contributed by atoms with Crippen LogP contribution in [-0.2, 0) is 22.6 Å². The van der Waals surface area contributed by atoms with E-state index in [0.717, 1.165) is 33.0 Å². The third kappa shape index (κ3) is 6.94. The zero-order chi connectivity index (χ0) is 27.0. The van der Waals surface area contributed by atoms with Crippen LogP contribution in [0, 0.1) is 5.92 Å². The van der Waals surface area contributed by atoms with E-state index in [1.54, 1.807) is 30.1 Å². The monoisotopic (exact) mass is 540 g/mol. The molecule has 1 aliphatic heterocycles. The Hall–Kier alpha value is -3.49. The molecule has 4 atom stereocenters. The third-order valence-corrected chi connectivity index (χ3v) is 7.93. The predicted octanol–water partition coefficient (Wildman–Crippen LogP) is 6.09. The minimum absolute atomic E-state index is 0.00852. The molecule has 0 aliphatic carbocycles. The molecule has 6 nitrogen and oxygen atoms in total. The lowest BCUT2D eigenvalue weighted by molar-refractivity contribution is -0.268. The van der Waals surface area contributed by atoms with Crippen LogP contribution in [0.3, 0.4) is 0 Å². The van der Waals surface area contributed by atoms with E-state index >= 15 is 0 Å². The number of ether oxygens (including phenoxy) is 2. The molecular formula is C32H32N2O4S. The Labute approximate surface area is 233 Å². The van der Waals surface area contributed by atoms with Crippen molar-refractivity contribution < 1.29 is 19.4 Å². The summed E-state index contributed by atoms with van der Waals surface area (Å²) in [6.07, 6.45) is 1.03. The molecule has 5 rings (SSSR count). The fourth-order valence-corrected chi connectivity index (χ4v) is 5.60. The van der Waals surface area contributed by atoms with Crippen molar-refractivity contribution in [3.63, 3.8) is 0 Å². The van der Waals surface area contributed by atoms with E-state index in [-0.39, 0.29) is 30.6 Å². The van der Waals surface area contributed by atoms with Crippen molar-refractivity contribution in [1.82, 2.24) is 10.3 Å². The first kappa shape index (κ1) is 27.1. The Morgan fingerprint density at radius 1 is 0.872 bits per heavy atom. The second-order valence-corrected chi connectivity index (χ2v) is 10.6. The third-order valence-electron chi connectivity index (χ3n) is 6.90. The minimum Gasteiger partial charge on any atom is -0.392 e. The molecule has 1 saturated heterocycles. The maximum atomic E-state index is 12.4. The molecule has 39 heavy (non-hydrogen) atoms. The van der Waals surface area contributed by atoms with Gasteiger partial charge in [-0.25, -0.2) is 4.98 Å². The van der Waals surface area contributed by atoms with Crippen molar-refractivity contribution in [2.45, 2.75) is 43.6 Å². The molecular weight excluding hydrogens is 508 g/mol. The molecule has 0 saturated carbocycles. The average molecular weight is 541 g/mol. The highest BCUT2D eigenvalue weighted by Crippen LogP contribution is 2.42. The van der Waals surface area contributed by atoms with E-state index in [4.69, 9.17) is 9.47 Å². The number of hydrogen-bond acceptors (Lipinski definition) is 6. The quantitative estimate of drug-likeness (QED) is 0.250. The smallest absolute Gasteiger partial charge is 0.251 e.